The van der Waals surface area contributed by atoms with Gasteiger partial charge >= 0.3 is 0 Å². The highest BCUT2D eigenvalue weighted by molar-refractivity contribution is 5.93. The molecule has 2 N–H and O–H groups in total. The molecule has 0 bridgehead atoms. The lowest BCUT2D eigenvalue weighted by molar-refractivity contribution is 0.286. The van der Waals surface area contributed by atoms with E-state index in [-0.39, 0.29) is 16.6 Å². The largest absolute Gasteiger partial charge is 0.508 e. The summed E-state index contributed by atoms with van der Waals surface area (Å²) in [6.07, 6.45) is 2.91. The van der Waals surface area contributed by atoms with Crippen molar-refractivity contribution in [2.75, 3.05) is 20.2 Å². The normalized spacial score (nSPS) is 11.4. The first kappa shape index (κ1) is 21.7. The molecular formula is C26H27NO5. The molecule has 0 atom stereocenters. The van der Waals surface area contributed by atoms with E-state index >= 15 is 0 Å². The number of nitrogens with zero attached hydrogens (tertiary/aromatic N) is 1. The van der Waals surface area contributed by atoms with Gasteiger partial charge in [0.05, 0.1) is 12.0 Å². The van der Waals surface area contributed by atoms with Gasteiger partial charge in [-0.15, -0.1) is 0 Å². The van der Waals surface area contributed by atoms with E-state index in [4.69, 9.17) is 9.15 Å². The molecule has 6 nitrogen and oxygen atoms in total. The van der Waals surface area contributed by atoms with Crippen LogP contribution in [0.1, 0.15) is 24.8 Å². The molecule has 0 fully saturated rings. The van der Waals surface area contributed by atoms with Gasteiger partial charge in [-0.3, -0.25) is 4.79 Å². The van der Waals surface area contributed by atoms with Crippen molar-refractivity contribution in [3.05, 3.63) is 76.5 Å². The van der Waals surface area contributed by atoms with Crippen LogP contribution >= 0.6 is 0 Å². The van der Waals surface area contributed by atoms with Crippen molar-refractivity contribution in [2.24, 2.45) is 0 Å². The van der Waals surface area contributed by atoms with E-state index in [2.05, 4.69) is 11.9 Å². The van der Waals surface area contributed by atoms with E-state index in [9.17, 15) is 15.0 Å². The molecule has 4 aromatic rings. The number of unbranched alkanes of at least 4 members (excludes halogenated alkanes) is 2. The zero-order chi connectivity index (χ0) is 22.5. The van der Waals surface area contributed by atoms with Crippen molar-refractivity contribution in [2.45, 2.75) is 25.8 Å². The van der Waals surface area contributed by atoms with Crippen LogP contribution in [0, 0.1) is 0 Å². The Morgan fingerprint density at radius 3 is 2.62 bits per heavy atom. The molecule has 0 amide bonds. The van der Waals surface area contributed by atoms with Gasteiger partial charge in [-0.1, -0.05) is 24.3 Å². The summed E-state index contributed by atoms with van der Waals surface area (Å²) < 4.78 is 11.6. The quantitative estimate of drug-likeness (QED) is 0.284. The van der Waals surface area contributed by atoms with Crippen molar-refractivity contribution < 1.29 is 19.4 Å². The monoisotopic (exact) mass is 433 g/mol. The highest BCUT2D eigenvalue weighted by Crippen LogP contribution is 2.30. The third-order valence-corrected chi connectivity index (χ3v) is 5.45. The van der Waals surface area contributed by atoms with E-state index in [1.54, 1.807) is 42.5 Å². The fourth-order valence-electron chi connectivity index (χ4n) is 3.86. The minimum absolute atomic E-state index is 0.134. The van der Waals surface area contributed by atoms with Gasteiger partial charge in [0.1, 0.15) is 33.8 Å². The van der Waals surface area contributed by atoms with Crippen LogP contribution in [-0.2, 0) is 6.54 Å². The lowest BCUT2D eigenvalue weighted by atomic mass is 10.1. The molecule has 6 heteroatoms. The molecule has 0 aliphatic carbocycles. The third kappa shape index (κ3) is 5.03. The molecule has 0 radical (unpaired) electrons. The van der Waals surface area contributed by atoms with Gasteiger partial charge in [-0.25, -0.2) is 0 Å². The van der Waals surface area contributed by atoms with E-state index in [0.29, 0.717) is 34.7 Å². The molecule has 0 unspecified atom stereocenters. The van der Waals surface area contributed by atoms with Crippen LogP contribution in [0.4, 0.5) is 0 Å². The SMILES string of the molecule is CN(CCCCCOc1cc(O)c2c(=O)c3ccccc3oc2c1)Cc1cccc(O)c1. The number of hydrogen-bond donors (Lipinski definition) is 2. The van der Waals surface area contributed by atoms with Crippen LogP contribution in [0.2, 0.25) is 0 Å². The van der Waals surface area contributed by atoms with E-state index < -0.39 is 0 Å². The lowest BCUT2D eigenvalue weighted by Crippen LogP contribution is -2.19. The van der Waals surface area contributed by atoms with Crippen molar-refractivity contribution in [1.29, 1.82) is 0 Å². The number of fused-ring (bicyclic) bond motifs is 2. The van der Waals surface area contributed by atoms with Gasteiger partial charge < -0.3 is 24.3 Å². The molecule has 0 saturated heterocycles. The highest BCUT2D eigenvalue weighted by atomic mass is 16.5. The molecule has 0 aliphatic heterocycles. The second kappa shape index (κ2) is 9.75. The molecule has 3 aromatic carbocycles. The fraction of sp³-hybridized carbons (Fsp3) is 0.269. The number of ether oxygens (including phenoxy) is 1. The zero-order valence-electron chi connectivity index (χ0n) is 18.1. The van der Waals surface area contributed by atoms with Crippen LogP contribution < -0.4 is 10.2 Å². The molecule has 166 valence electrons. The summed E-state index contributed by atoms with van der Waals surface area (Å²) in [5.41, 5.74) is 1.64. The summed E-state index contributed by atoms with van der Waals surface area (Å²) in [5, 5.41) is 20.5. The Labute approximate surface area is 186 Å². The Bertz CT molecular complexity index is 1280. The van der Waals surface area contributed by atoms with Crippen LogP contribution in [-0.4, -0.2) is 35.3 Å². The minimum Gasteiger partial charge on any atom is -0.508 e. The third-order valence-electron chi connectivity index (χ3n) is 5.45. The van der Waals surface area contributed by atoms with Crippen molar-refractivity contribution in [3.63, 3.8) is 0 Å². The molecular weight excluding hydrogens is 406 g/mol. The number of phenolic OH excluding ortho intramolecular Hbond substituents is 2. The maximum absolute atomic E-state index is 12.7. The average molecular weight is 434 g/mol. The molecule has 0 spiro atoms. The summed E-state index contributed by atoms with van der Waals surface area (Å²) in [7, 11) is 2.07. The Kier molecular flexibility index (Phi) is 6.61. The van der Waals surface area contributed by atoms with Crippen molar-refractivity contribution >= 4 is 21.9 Å². The summed E-state index contributed by atoms with van der Waals surface area (Å²) >= 11 is 0. The summed E-state index contributed by atoms with van der Waals surface area (Å²) in [4.78, 5) is 14.9. The van der Waals surface area contributed by atoms with E-state index in [1.807, 2.05) is 12.1 Å². The molecule has 1 aromatic heterocycles. The number of benzene rings is 3. The standard InChI is InChI=1S/C26H27NO5/c1-27(17-18-8-7-9-19(28)14-18)12-5-2-6-13-31-20-15-22(29)25-24(16-20)32-23-11-4-3-10-21(23)26(25)30/h3-4,7-11,14-16,28-29H,2,5-6,12-13,17H2,1H3. The maximum Gasteiger partial charge on any atom is 0.204 e. The van der Waals surface area contributed by atoms with Crippen LogP contribution in [0.25, 0.3) is 21.9 Å². The Balaban J connectivity index is 1.28. The number of para-hydroxylation sites is 1. The fourth-order valence-corrected chi connectivity index (χ4v) is 3.86. The Morgan fingerprint density at radius 1 is 0.938 bits per heavy atom. The molecule has 0 saturated carbocycles. The average Bonchev–Trinajstić information content (AvgIpc) is 2.76. The molecule has 4 rings (SSSR count). The molecule has 0 aliphatic rings. The second-order valence-electron chi connectivity index (χ2n) is 8.06. The van der Waals surface area contributed by atoms with Crippen LogP contribution in [0.5, 0.6) is 17.2 Å². The van der Waals surface area contributed by atoms with Crippen molar-refractivity contribution in [3.8, 4) is 17.2 Å². The maximum atomic E-state index is 12.7. The summed E-state index contributed by atoms with van der Waals surface area (Å²) in [6, 6.07) is 17.4. The van der Waals surface area contributed by atoms with E-state index in [0.717, 1.165) is 37.9 Å². The first-order valence-electron chi connectivity index (χ1n) is 10.8. The smallest absolute Gasteiger partial charge is 0.204 e. The second-order valence-corrected chi connectivity index (χ2v) is 8.06. The van der Waals surface area contributed by atoms with Gasteiger partial charge in [-0.05, 0) is 62.7 Å². The lowest BCUT2D eigenvalue weighted by Gasteiger charge is -2.16. The topological polar surface area (TPSA) is 83.1 Å². The van der Waals surface area contributed by atoms with Gasteiger partial charge in [0, 0.05) is 18.7 Å². The van der Waals surface area contributed by atoms with Crippen molar-refractivity contribution in [1.82, 2.24) is 4.90 Å². The predicted molar refractivity (Wildman–Crippen MR) is 125 cm³/mol. The van der Waals surface area contributed by atoms with Crippen LogP contribution in [0.15, 0.2) is 69.9 Å². The Hall–Kier alpha value is -3.51. The first-order valence-corrected chi connectivity index (χ1v) is 10.8. The number of aromatic hydroxyl groups is 2. The first-order chi connectivity index (χ1) is 15.5. The molecule has 1 heterocycles. The summed E-state index contributed by atoms with van der Waals surface area (Å²) in [5.74, 6) is 0.639. The summed E-state index contributed by atoms with van der Waals surface area (Å²) in [6.45, 7) is 2.25. The van der Waals surface area contributed by atoms with Crippen LogP contribution in [0.3, 0.4) is 0 Å². The Morgan fingerprint density at radius 2 is 1.78 bits per heavy atom. The number of hydrogen-bond acceptors (Lipinski definition) is 6. The zero-order valence-corrected chi connectivity index (χ0v) is 18.1. The van der Waals surface area contributed by atoms with Gasteiger partial charge in [0.15, 0.2) is 0 Å². The number of rotatable bonds is 9. The van der Waals surface area contributed by atoms with E-state index in [1.165, 1.54) is 6.07 Å². The predicted octanol–water partition coefficient (Wildman–Crippen LogP) is 5.04. The van der Waals surface area contributed by atoms with Gasteiger partial charge in [0.2, 0.25) is 5.43 Å². The highest BCUT2D eigenvalue weighted by Gasteiger charge is 2.13. The number of phenols is 2. The minimum atomic E-state index is -0.249. The van der Waals surface area contributed by atoms with Gasteiger partial charge in [-0.2, -0.15) is 0 Å². The van der Waals surface area contributed by atoms with Gasteiger partial charge in [0.25, 0.3) is 0 Å². The molecule has 32 heavy (non-hydrogen) atoms.